The van der Waals surface area contributed by atoms with Gasteiger partial charge in [0.05, 0.1) is 27.3 Å². The van der Waals surface area contributed by atoms with Crippen molar-refractivity contribution in [1.29, 1.82) is 0 Å². The van der Waals surface area contributed by atoms with Gasteiger partial charge in [-0.05, 0) is 36.8 Å². The molecule has 0 atom stereocenters. The molecule has 0 amide bonds. The van der Waals surface area contributed by atoms with E-state index in [1.54, 1.807) is 27.7 Å². The van der Waals surface area contributed by atoms with Crippen molar-refractivity contribution in [2.75, 3.05) is 0 Å². The van der Waals surface area contributed by atoms with Crippen LogP contribution in [0.4, 0.5) is 0 Å². The molecule has 4 rings (SSSR count). The van der Waals surface area contributed by atoms with E-state index >= 15 is 0 Å². The second-order valence-electron chi connectivity index (χ2n) is 7.01. The minimum Gasteiger partial charge on any atom is -0.268 e. The van der Waals surface area contributed by atoms with Gasteiger partial charge in [-0.3, -0.25) is 9.36 Å². The van der Waals surface area contributed by atoms with Gasteiger partial charge in [0, 0.05) is 17.1 Å². The third-order valence-electron chi connectivity index (χ3n) is 4.42. The van der Waals surface area contributed by atoms with E-state index < -0.39 is 0 Å². The van der Waals surface area contributed by atoms with Gasteiger partial charge < -0.3 is 0 Å². The van der Waals surface area contributed by atoms with E-state index in [1.807, 2.05) is 55.5 Å². The molecule has 0 unspecified atom stereocenters. The third-order valence-corrected chi connectivity index (χ3v) is 6.58. The lowest BCUT2D eigenvalue weighted by molar-refractivity contribution is 0.817. The van der Waals surface area contributed by atoms with Crippen LogP contribution in [0.5, 0.6) is 0 Å². The topological polar surface area (TPSA) is 47.8 Å². The molecule has 0 fully saturated rings. The normalized spacial score (nSPS) is 11.4. The van der Waals surface area contributed by atoms with Crippen molar-refractivity contribution in [2.24, 2.45) is 0 Å². The van der Waals surface area contributed by atoms with E-state index in [-0.39, 0.29) is 5.56 Å². The number of thioether (sulfide) groups is 1. The Morgan fingerprint density at radius 1 is 1.11 bits per heavy atom. The Bertz CT molecular complexity index is 1190. The number of thiazole rings is 1. The SMILES string of the molecule is Cc1cccc(-n2c(SCc3csc(C(C)C)n3)nc3ccccc3c2=O)c1. The molecular formula is C22H21N3OS2. The second kappa shape index (κ2) is 7.89. The Morgan fingerprint density at radius 2 is 1.93 bits per heavy atom. The van der Waals surface area contributed by atoms with Gasteiger partial charge in [0.2, 0.25) is 0 Å². The number of fused-ring (bicyclic) bond motifs is 1. The van der Waals surface area contributed by atoms with Crippen molar-refractivity contribution in [3.8, 4) is 5.69 Å². The van der Waals surface area contributed by atoms with E-state index in [2.05, 4.69) is 19.2 Å². The van der Waals surface area contributed by atoms with Gasteiger partial charge in [-0.2, -0.15) is 0 Å². The Hall–Kier alpha value is -2.44. The Kier molecular flexibility index (Phi) is 5.33. The summed E-state index contributed by atoms with van der Waals surface area (Å²) in [6, 6.07) is 15.5. The highest BCUT2D eigenvalue weighted by Crippen LogP contribution is 2.27. The average molecular weight is 408 g/mol. The van der Waals surface area contributed by atoms with Crippen LogP contribution in [-0.4, -0.2) is 14.5 Å². The summed E-state index contributed by atoms with van der Waals surface area (Å²) < 4.78 is 1.72. The lowest BCUT2D eigenvalue weighted by atomic mass is 10.2. The molecule has 2 aromatic heterocycles. The van der Waals surface area contributed by atoms with Gasteiger partial charge in [0.1, 0.15) is 0 Å². The van der Waals surface area contributed by atoms with Crippen LogP contribution in [0.2, 0.25) is 0 Å². The summed E-state index contributed by atoms with van der Waals surface area (Å²) in [6.45, 7) is 6.32. The molecular weight excluding hydrogens is 386 g/mol. The number of para-hydroxylation sites is 1. The molecule has 0 saturated heterocycles. The molecule has 0 aliphatic heterocycles. The van der Waals surface area contributed by atoms with Crippen LogP contribution in [-0.2, 0) is 5.75 Å². The first kappa shape index (κ1) is 18.9. The number of aromatic nitrogens is 3. The fourth-order valence-corrected chi connectivity index (χ4v) is 4.84. The molecule has 0 radical (unpaired) electrons. The zero-order chi connectivity index (χ0) is 19.7. The monoisotopic (exact) mass is 407 g/mol. The molecule has 0 N–H and O–H groups in total. The highest BCUT2D eigenvalue weighted by atomic mass is 32.2. The Labute approximate surface area is 172 Å². The van der Waals surface area contributed by atoms with Gasteiger partial charge in [-0.1, -0.05) is 49.9 Å². The van der Waals surface area contributed by atoms with Gasteiger partial charge in [0.25, 0.3) is 5.56 Å². The molecule has 0 aliphatic rings. The van der Waals surface area contributed by atoms with E-state index in [0.29, 0.717) is 22.2 Å². The van der Waals surface area contributed by atoms with Gasteiger partial charge in [0.15, 0.2) is 5.16 Å². The Morgan fingerprint density at radius 3 is 2.68 bits per heavy atom. The minimum atomic E-state index is -0.0418. The number of rotatable bonds is 5. The van der Waals surface area contributed by atoms with E-state index in [1.165, 1.54) is 0 Å². The molecule has 0 spiro atoms. The molecule has 142 valence electrons. The highest BCUT2D eigenvalue weighted by molar-refractivity contribution is 7.98. The number of aryl methyl sites for hydroxylation is 1. The molecule has 6 heteroatoms. The van der Waals surface area contributed by atoms with Crippen molar-refractivity contribution in [3.63, 3.8) is 0 Å². The van der Waals surface area contributed by atoms with Gasteiger partial charge in [-0.25, -0.2) is 9.97 Å². The zero-order valence-electron chi connectivity index (χ0n) is 16.0. The average Bonchev–Trinajstić information content (AvgIpc) is 3.16. The van der Waals surface area contributed by atoms with E-state index in [4.69, 9.17) is 9.97 Å². The molecule has 0 bridgehead atoms. The van der Waals surface area contributed by atoms with Crippen molar-refractivity contribution < 1.29 is 0 Å². The molecule has 0 saturated carbocycles. The minimum absolute atomic E-state index is 0.0418. The maximum Gasteiger partial charge on any atom is 0.266 e. The summed E-state index contributed by atoms with van der Waals surface area (Å²) in [5, 5.41) is 4.55. The first-order chi connectivity index (χ1) is 13.5. The standard InChI is InChI=1S/C22H21N3OS2/c1-14(2)20-23-16(12-27-20)13-28-22-24-19-10-5-4-9-18(19)21(26)25(22)17-8-6-7-15(3)11-17/h4-12,14H,13H2,1-3H3. The van der Waals surface area contributed by atoms with Crippen LogP contribution >= 0.6 is 23.1 Å². The van der Waals surface area contributed by atoms with Crippen LogP contribution in [0.3, 0.4) is 0 Å². The zero-order valence-corrected chi connectivity index (χ0v) is 17.7. The van der Waals surface area contributed by atoms with Crippen LogP contribution in [0.25, 0.3) is 16.6 Å². The second-order valence-corrected chi connectivity index (χ2v) is 8.84. The summed E-state index contributed by atoms with van der Waals surface area (Å²) in [5.41, 5.74) is 3.65. The Balaban J connectivity index is 1.79. The number of hydrogen-bond acceptors (Lipinski definition) is 5. The van der Waals surface area contributed by atoms with Crippen LogP contribution in [0.15, 0.2) is 63.9 Å². The number of benzene rings is 2. The quantitative estimate of drug-likeness (QED) is 0.321. The fourth-order valence-electron chi connectivity index (χ4n) is 3.00. The first-order valence-electron chi connectivity index (χ1n) is 9.19. The molecule has 0 aliphatic carbocycles. The van der Waals surface area contributed by atoms with Crippen molar-refractivity contribution >= 4 is 34.0 Å². The van der Waals surface area contributed by atoms with Gasteiger partial charge in [-0.15, -0.1) is 11.3 Å². The van der Waals surface area contributed by atoms with Gasteiger partial charge >= 0.3 is 0 Å². The molecule has 4 aromatic rings. The molecule has 2 aromatic carbocycles. The number of nitrogens with zero attached hydrogens (tertiary/aromatic N) is 3. The van der Waals surface area contributed by atoms with Crippen LogP contribution < -0.4 is 5.56 Å². The largest absolute Gasteiger partial charge is 0.268 e. The predicted octanol–water partition coefficient (Wildman–Crippen LogP) is 5.57. The smallest absolute Gasteiger partial charge is 0.266 e. The fraction of sp³-hybridized carbons (Fsp3) is 0.227. The summed E-state index contributed by atoms with van der Waals surface area (Å²) in [5.74, 6) is 1.10. The highest BCUT2D eigenvalue weighted by Gasteiger charge is 2.14. The first-order valence-corrected chi connectivity index (χ1v) is 11.1. The summed E-state index contributed by atoms with van der Waals surface area (Å²) >= 11 is 3.24. The van der Waals surface area contributed by atoms with Crippen molar-refractivity contribution in [2.45, 2.75) is 37.6 Å². The van der Waals surface area contributed by atoms with Crippen molar-refractivity contribution in [1.82, 2.24) is 14.5 Å². The molecule has 2 heterocycles. The van der Waals surface area contributed by atoms with E-state index in [0.717, 1.165) is 27.5 Å². The summed E-state index contributed by atoms with van der Waals surface area (Å²) in [6.07, 6.45) is 0. The van der Waals surface area contributed by atoms with E-state index in [9.17, 15) is 4.79 Å². The summed E-state index contributed by atoms with van der Waals surface area (Å²) in [4.78, 5) is 22.8. The number of hydrogen-bond donors (Lipinski definition) is 0. The van der Waals surface area contributed by atoms with Crippen molar-refractivity contribution in [3.05, 3.63) is 80.5 Å². The lowest BCUT2D eigenvalue weighted by Gasteiger charge is -2.13. The third kappa shape index (κ3) is 3.75. The van der Waals surface area contributed by atoms with Crippen LogP contribution in [0.1, 0.15) is 36.0 Å². The summed E-state index contributed by atoms with van der Waals surface area (Å²) in [7, 11) is 0. The maximum atomic E-state index is 13.3. The lowest BCUT2D eigenvalue weighted by Crippen LogP contribution is -2.21. The van der Waals surface area contributed by atoms with Crippen LogP contribution in [0, 0.1) is 6.92 Å². The molecule has 4 nitrogen and oxygen atoms in total. The predicted molar refractivity (Wildman–Crippen MR) is 118 cm³/mol. The molecule has 28 heavy (non-hydrogen) atoms. The maximum absolute atomic E-state index is 13.3.